The average Bonchev–Trinajstić information content (AvgIpc) is 2.79. The zero-order valence-electron chi connectivity index (χ0n) is 11.4. The van der Waals surface area contributed by atoms with Gasteiger partial charge in [-0.2, -0.15) is 0 Å². The van der Waals surface area contributed by atoms with Crippen molar-refractivity contribution in [3.63, 3.8) is 0 Å². The highest BCUT2D eigenvalue weighted by Gasteiger charge is 2.12. The van der Waals surface area contributed by atoms with Gasteiger partial charge in [-0.1, -0.05) is 23.7 Å². The normalized spacial score (nSPS) is 11.2. The minimum atomic E-state index is -0.250. The van der Waals surface area contributed by atoms with E-state index in [2.05, 4.69) is 4.98 Å². The monoisotopic (exact) mass is 322 g/mol. The van der Waals surface area contributed by atoms with Crippen LogP contribution in [0.2, 0.25) is 5.02 Å². The molecule has 2 nitrogen and oxygen atoms in total. The summed E-state index contributed by atoms with van der Waals surface area (Å²) in [6, 6.07) is 10.9. The molecular weight excluding hydrogens is 310 g/mol. The third-order valence-corrected chi connectivity index (χ3v) is 3.97. The minimum absolute atomic E-state index is 0.250. The highest BCUT2D eigenvalue weighted by Crippen LogP contribution is 2.23. The number of rotatable bonds is 3. The van der Waals surface area contributed by atoms with Gasteiger partial charge in [-0.15, -0.1) is 11.6 Å². The molecule has 0 unspecified atom stereocenters. The standard InChI is InChI=1S/C16H13Cl2FN2/c1-10-6-15-14(7-13(10)19)20-16(8-17)21(15)9-11-2-4-12(18)5-3-11/h2-7H,8-9H2,1H3. The van der Waals surface area contributed by atoms with Gasteiger partial charge in [0.1, 0.15) is 11.6 Å². The summed E-state index contributed by atoms with van der Waals surface area (Å²) in [7, 11) is 0. The molecule has 0 aliphatic heterocycles. The first-order valence-electron chi connectivity index (χ1n) is 6.54. The molecule has 0 spiro atoms. The second-order valence-corrected chi connectivity index (χ2v) is 5.67. The molecule has 5 heteroatoms. The van der Waals surface area contributed by atoms with Crippen molar-refractivity contribution >= 4 is 34.2 Å². The zero-order valence-corrected chi connectivity index (χ0v) is 12.9. The van der Waals surface area contributed by atoms with E-state index in [1.54, 1.807) is 6.92 Å². The third kappa shape index (κ3) is 2.76. The maximum atomic E-state index is 13.7. The second-order valence-electron chi connectivity index (χ2n) is 4.96. The van der Waals surface area contributed by atoms with Gasteiger partial charge in [-0.25, -0.2) is 9.37 Å². The van der Waals surface area contributed by atoms with Crippen LogP contribution in [0, 0.1) is 12.7 Å². The summed E-state index contributed by atoms with van der Waals surface area (Å²) < 4.78 is 15.7. The number of aryl methyl sites for hydroxylation is 1. The Hall–Kier alpha value is -1.58. The Kier molecular flexibility index (Phi) is 3.87. The first-order valence-corrected chi connectivity index (χ1v) is 7.45. The van der Waals surface area contributed by atoms with Gasteiger partial charge in [-0.05, 0) is 36.2 Å². The van der Waals surface area contributed by atoms with Crippen LogP contribution >= 0.6 is 23.2 Å². The molecule has 3 aromatic rings. The van der Waals surface area contributed by atoms with E-state index in [0.717, 1.165) is 16.9 Å². The van der Waals surface area contributed by atoms with Crippen LogP contribution < -0.4 is 0 Å². The van der Waals surface area contributed by atoms with Crippen LogP contribution in [0.15, 0.2) is 36.4 Å². The van der Waals surface area contributed by atoms with Crippen LogP contribution in [-0.2, 0) is 12.4 Å². The molecule has 3 rings (SSSR count). The molecule has 0 saturated carbocycles. The average molecular weight is 323 g/mol. The fraction of sp³-hybridized carbons (Fsp3) is 0.188. The summed E-state index contributed by atoms with van der Waals surface area (Å²) in [6.07, 6.45) is 0. The quantitative estimate of drug-likeness (QED) is 0.625. The van der Waals surface area contributed by atoms with Crippen LogP contribution in [-0.4, -0.2) is 9.55 Å². The van der Waals surface area contributed by atoms with E-state index in [-0.39, 0.29) is 11.7 Å². The zero-order chi connectivity index (χ0) is 15.0. The summed E-state index contributed by atoms with van der Waals surface area (Å²) in [6.45, 7) is 2.37. The largest absolute Gasteiger partial charge is 0.322 e. The Morgan fingerprint density at radius 2 is 1.90 bits per heavy atom. The number of hydrogen-bond acceptors (Lipinski definition) is 1. The maximum Gasteiger partial charge on any atom is 0.128 e. The fourth-order valence-corrected chi connectivity index (χ4v) is 2.68. The maximum absolute atomic E-state index is 13.7. The number of halogens is 3. The molecule has 21 heavy (non-hydrogen) atoms. The fourth-order valence-electron chi connectivity index (χ4n) is 2.35. The van der Waals surface area contributed by atoms with E-state index in [9.17, 15) is 4.39 Å². The van der Waals surface area contributed by atoms with Crippen molar-refractivity contribution in [1.29, 1.82) is 0 Å². The van der Waals surface area contributed by atoms with Crippen molar-refractivity contribution in [2.45, 2.75) is 19.3 Å². The lowest BCUT2D eigenvalue weighted by atomic mass is 10.2. The summed E-state index contributed by atoms with van der Waals surface area (Å²) in [4.78, 5) is 4.41. The van der Waals surface area contributed by atoms with Crippen LogP contribution in [0.4, 0.5) is 4.39 Å². The molecule has 0 aliphatic rings. The number of alkyl halides is 1. The topological polar surface area (TPSA) is 17.8 Å². The highest BCUT2D eigenvalue weighted by atomic mass is 35.5. The van der Waals surface area contributed by atoms with Gasteiger partial charge in [0.15, 0.2) is 0 Å². The van der Waals surface area contributed by atoms with E-state index < -0.39 is 0 Å². The first-order chi connectivity index (χ1) is 10.1. The van der Waals surface area contributed by atoms with Gasteiger partial charge in [0, 0.05) is 17.6 Å². The molecule has 0 bridgehead atoms. The van der Waals surface area contributed by atoms with E-state index in [1.165, 1.54) is 6.07 Å². The molecule has 0 N–H and O–H groups in total. The second kappa shape index (κ2) is 5.66. The van der Waals surface area contributed by atoms with Crippen LogP contribution in [0.3, 0.4) is 0 Å². The lowest BCUT2D eigenvalue weighted by molar-refractivity contribution is 0.620. The van der Waals surface area contributed by atoms with E-state index in [4.69, 9.17) is 23.2 Å². The molecule has 0 radical (unpaired) electrons. The minimum Gasteiger partial charge on any atom is -0.322 e. The van der Waals surface area contributed by atoms with Crippen LogP contribution in [0.5, 0.6) is 0 Å². The molecule has 108 valence electrons. The van der Waals surface area contributed by atoms with Crippen molar-refractivity contribution in [2.75, 3.05) is 0 Å². The lowest BCUT2D eigenvalue weighted by Gasteiger charge is -2.08. The molecule has 2 aromatic carbocycles. The first kappa shape index (κ1) is 14.4. The Labute approximate surface area is 132 Å². The summed E-state index contributed by atoms with van der Waals surface area (Å²) in [5.74, 6) is 0.759. The van der Waals surface area contributed by atoms with E-state index in [1.807, 2.05) is 34.9 Å². The smallest absolute Gasteiger partial charge is 0.128 e. The molecule has 1 heterocycles. The van der Waals surface area contributed by atoms with Crippen molar-refractivity contribution in [1.82, 2.24) is 9.55 Å². The van der Waals surface area contributed by atoms with Crippen LogP contribution in [0.25, 0.3) is 11.0 Å². The number of hydrogen-bond donors (Lipinski definition) is 0. The Morgan fingerprint density at radius 1 is 1.19 bits per heavy atom. The number of aromatic nitrogens is 2. The summed E-state index contributed by atoms with van der Waals surface area (Å²) >= 11 is 11.9. The summed E-state index contributed by atoms with van der Waals surface area (Å²) in [5, 5.41) is 0.699. The molecule has 0 amide bonds. The number of imidazole rings is 1. The Morgan fingerprint density at radius 3 is 2.57 bits per heavy atom. The molecule has 0 atom stereocenters. The molecular formula is C16H13Cl2FN2. The highest BCUT2D eigenvalue weighted by molar-refractivity contribution is 6.30. The van der Waals surface area contributed by atoms with Gasteiger partial charge in [-0.3, -0.25) is 0 Å². The molecule has 1 aromatic heterocycles. The van der Waals surface area contributed by atoms with E-state index >= 15 is 0 Å². The SMILES string of the molecule is Cc1cc2c(cc1F)nc(CCl)n2Cc1ccc(Cl)cc1. The molecule has 0 fully saturated rings. The Bertz CT molecular complexity index is 794. The number of fused-ring (bicyclic) bond motifs is 1. The van der Waals surface area contributed by atoms with Crippen LogP contribution in [0.1, 0.15) is 17.0 Å². The van der Waals surface area contributed by atoms with Gasteiger partial charge in [0.25, 0.3) is 0 Å². The number of nitrogens with zero attached hydrogens (tertiary/aromatic N) is 2. The van der Waals surface area contributed by atoms with Gasteiger partial charge < -0.3 is 4.57 Å². The van der Waals surface area contributed by atoms with Gasteiger partial charge in [0.05, 0.1) is 16.9 Å². The van der Waals surface area contributed by atoms with E-state index in [0.29, 0.717) is 22.6 Å². The number of benzene rings is 2. The van der Waals surface area contributed by atoms with Crippen molar-refractivity contribution in [3.8, 4) is 0 Å². The molecule has 0 aliphatic carbocycles. The van der Waals surface area contributed by atoms with Gasteiger partial charge in [0.2, 0.25) is 0 Å². The van der Waals surface area contributed by atoms with Crippen molar-refractivity contribution in [3.05, 3.63) is 64.2 Å². The predicted molar refractivity (Wildman–Crippen MR) is 84.5 cm³/mol. The van der Waals surface area contributed by atoms with Gasteiger partial charge >= 0.3 is 0 Å². The third-order valence-electron chi connectivity index (χ3n) is 3.48. The Balaban J connectivity index is 2.11. The van der Waals surface area contributed by atoms with Crippen molar-refractivity contribution < 1.29 is 4.39 Å². The van der Waals surface area contributed by atoms with Crippen molar-refractivity contribution in [2.24, 2.45) is 0 Å². The molecule has 0 saturated heterocycles. The lowest BCUT2D eigenvalue weighted by Crippen LogP contribution is -2.04. The predicted octanol–water partition coefficient (Wildman–Crippen LogP) is 4.92. The summed E-state index contributed by atoms with van der Waals surface area (Å²) in [5.41, 5.74) is 3.20.